The number of nitrogens with zero attached hydrogens (tertiary/aromatic N) is 1. The zero-order valence-corrected chi connectivity index (χ0v) is 20.3. The summed E-state index contributed by atoms with van der Waals surface area (Å²) in [7, 11) is 0. The summed E-state index contributed by atoms with van der Waals surface area (Å²) in [6.07, 6.45) is 6.26. The first-order valence-corrected chi connectivity index (χ1v) is 11.3. The number of nitrogens with one attached hydrogen (secondary N) is 2. The van der Waals surface area contributed by atoms with Crippen molar-refractivity contribution in [2.75, 3.05) is 0 Å². The van der Waals surface area contributed by atoms with Gasteiger partial charge in [-0.3, -0.25) is 14.6 Å². The highest BCUT2D eigenvalue weighted by molar-refractivity contribution is 5.83. The molecule has 7 heteroatoms. The quantitative estimate of drug-likeness (QED) is 0.425. The molecular formula is C26H37FN4O2. The molecule has 2 atom stereocenters. The van der Waals surface area contributed by atoms with E-state index in [1.807, 2.05) is 13.1 Å². The van der Waals surface area contributed by atoms with Crippen LogP contribution in [0.25, 0.3) is 10.9 Å². The molecule has 3 rings (SSSR count). The van der Waals surface area contributed by atoms with E-state index in [2.05, 4.69) is 48.2 Å². The van der Waals surface area contributed by atoms with Crippen molar-refractivity contribution in [3.8, 4) is 0 Å². The van der Waals surface area contributed by atoms with Crippen LogP contribution in [0.2, 0.25) is 0 Å². The number of aromatic nitrogens is 2. The molecule has 1 unspecified atom stereocenters. The molecule has 0 saturated heterocycles. The lowest BCUT2D eigenvalue weighted by Gasteiger charge is -2.12. The van der Waals surface area contributed by atoms with Crippen LogP contribution in [0.15, 0.2) is 42.6 Å². The van der Waals surface area contributed by atoms with Crippen LogP contribution in [-0.2, 0) is 16.0 Å². The van der Waals surface area contributed by atoms with Crippen molar-refractivity contribution in [1.29, 1.82) is 0 Å². The van der Waals surface area contributed by atoms with Crippen molar-refractivity contribution in [3.63, 3.8) is 0 Å². The molecule has 0 saturated carbocycles. The number of hydrogen-bond acceptors (Lipinski definition) is 4. The van der Waals surface area contributed by atoms with Gasteiger partial charge in [0, 0.05) is 22.8 Å². The van der Waals surface area contributed by atoms with Gasteiger partial charge in [-0.25, -0.2) is 4.39 Å². The maximum absolute atomic E-state index is 12.6. The van der Waals surface area contributed by atoms with Crippen LogP contribution < -0.4 is 11.1 Å². The lowest BCUT2D eigenvalue weighted by atomic mass is 10.0. The van der Waals surface area contributed by atoms with Crippen LogP contribution in [-0.4, -0.2) is 34.2 Å². The van der Waals surface area contributed by atoms with Crippen LogP contribution in [0, 0.1) is 19.7 Å². The molecule has 0 radical (unpaired) electrons. The second-order valence-corrected chi connectivity index (χ2v) is 8.10. The molecule has 0 fully saturated rings. The Labute approximate surface area is 196 Å². The van der Waals surface area contributed by atoms with Crippen LogP contribution >= 0.6 is 0 Å². The lowest BCUT2D eigenvalue weighted by Crippen LogP contribution is -2.36. The van der Waals surface area contributed by atoms with E-state index in [0.717, 1.165) is 23.2 Å². The summed E-state index contributed by atoms with van der Waals surface area (Å²) >= 11 is 0. The fraction of sp³-hybridized carbons (Fsp3) is 0.423. The minimum Gasteiger partial charge on any atom is -0.357 e. The molecule has 0 spiro atoms. The van der Waals surface area contributed by atoms with Gasteiger partial charge < -0.3 is 16.0 Å². The number of carbonyl (C=O) groups excluding carboxylic acids is 2. The monoisotopic (exact) mass is 456 g/mol. The highest BCUT2D eigenvalue weighted by atomic mass is 19.1. The number of hydrogen-bond donors (Lipinski definition) is 3. The molecule has 4 N–H and O–H groups in total. The SMILES string of the molecule is CC(=O)[C@H](Cc1ccc(F)cc1)NC=O.CCCC(N)CC.Cc1cc2cc(C)[nH]c2cn1. The zero-order valence-electron chi connectivity index (χ0n) is 20.3. The molecule has 0 aliphatic carbocycles. The summed E-state index contributed by atoms with van der Waals surface area (Å²) < 4.78 is 12.6. The lowest BCUT2D eigenvalue weighted by molar-refractivity contribution is -0.121. The largest absolute Gasteiger partial charge is 0.357 e. The number of nitrogens with two attached hydrogens (primary N) is 1. The van der Waals surface area contributed by atoms with E-state index in [1.54, 1.807) is 12.1 Å². The summed E-state index contributed by atoms with van der Waals surface area (Å²) in [5.74, 6) is -0.437. The number of aromatic amines is 1. The van der Waals surface area contributed by atoms with Crippen molar-refractivity contribution in [3.05, 3.63) is 65.4 Å². The van der Waals surface area contributed by atoms with Crippen molar-refractivity contribution >= 4 is 23.1 Å². The first kappa shape index (κ1) is 28.0. The molecule has 3 aromatic rings. The summed E-state index contributed by atoms with van der Waals surface area (Å²) in [6.45, 7) is 9.75. The third-order valence-electron chi connectivity index (χ3n) is 5.07. The predicted octanol–water partition coefficient (Wildman–Crippen LogP) is 4.78. The minimum absolute atomic E-state index is 0.119. The van der Waals surface area contributed by atoms with Crippen molar-refractivity contribution in [2.24, 2.45) is 5.73 Å². The fourth-order valence-electron chi connectivity index (χ4n) is 3.12. The normalized spacial score (nSPS) is 12.0. The van der Waals surface area contributed by atoms with Gasteiger partial charge in [0.25, 0.3) is 0 Å². The molecule has 0 aliphatic rings. The first-order valence-electron chi connectivity index (χ1n) is 11.3. The number of pyridine rings is 1. The molecule has 0 aliphatic heterocycles. The Hall–Kier alpha value is -3.06. The van der Waals surface area contributed by atoms with Gasteiger partial charge in [0.15, 0.2) is 5.78 Å². The second kappa shape index (κ2) is 14.9. The average molecular weight is 457 g/mol. The van der Waals surface area contributed by atoms with Crippen LogP contribution in [0.5, 0.6) is 0 Å². The Bertz CT molecular complexity index is 986. The van der Waals surface area contributed by atoms with Crippen LogP contribution in [0.1, 0.15) is 57.0 Å². The highest BCUT2D eigenvalue weighted by Gasteiger charge is 2.13. The van der Waals surface area contributed by atoms with E-state index < -0.39 is 6.04 Å². The molecule has 2 heterocycles. The Kier molecular flexibility index (Phi) is 12.6. The third-order valence-corrected chi connectivity index (χ3v) is 5.07. The number of benzene rings is 1. The molecule has 1 aromatic carbocycles. The van der Waals surface area contributed by atoms with E-state index in [-0.39, 0.29) is 11.6 Å². The maximum Gasteiger partial charge on any atom is 0.207 e. The number of halogens is 1. The number of rotatable bonds is 8. The molecule has 33 heavy (non-hydrogen) atoms. The first-order chi connectivity index (χ1) is 15.7. The van der Waals surface area contributed by atoms with E-state index in [9.17, 15) is 14.0 Å². The highest BCUT2D eigenvalue weighted by Crippen LogP contribution is 2.13. The predicted molar refractivity (Wildman–Crippen MR) is 133 cm³/mol. The second-order valence-electron chi connectivity index (χ2n) is 8.10. The van der Waals surface area contributed by atoms with Crippen molar-refractivity contribution in [1.82, 2.24) is 15.3 Å². The number of aryl methyl sites for hydroxylation is 2. The number of Topliss-reactive ketones (excluding diaryl/α,β-unsaturated/α-hetero) is 1. The maximum atomic E-state index is 12.6. The summed E-state index contributed by atoms with van der Waals surface area (Å²) in [5, 5.41) is 3.67. The Balaban J connectivity index is 0.000000266. The van der Waals surface area contributed by atoms with Gasteiger partial charge in [0.05, 0.1) is 17.8 Å². The molecule has 6 nitrogen and oxygen atoms in total. The van der Waals surface area contributed by atoms with Crippen molar-refractivity contribution in [2.45, 2.75) is 72.4 Å². The van der Waals surface area contributed by atoms with Gasteiger partial charge in [-0.2, -0.15) is 0 Å². The summed E-state index contributed by atoms with van der Waals surface area (Å²) in [6, 6.07) is 9.97. The van der Waals surface area contributed by atoms with Gasteiger partial charge in [-0.05, 0) is 69.9 Å². The minimum atomic E-state index is -0.534. The number of carbonyl (C=O) groups is 2. The molecule has 180 valence electrons. The zero-order chi connectivity index (χ0) is 24.8. The van der Waals surface area contributed by atoms with Gasteiger partial charge in [0.2, 0.25) is 6.41 Å². The molecular weight excluding hydrogens is 419 g/mol. The van der Waals surface area contributed by atoms with Crippen LogP contribution in [0.4, 0.5) is 4.39 Å². The Morgan fingerprint density at radius 1 is 1.21 bits per heavy atom. The number of H-pyrrole nitrogens is 1. The number of amides is 1. The summed E-state index contributed by atoms with van der Waals surface area (Å²) in [5.41, 5.74) is 9.77. The molecule has 2 aromatic heterocycles. The van der Waals surface area contributed by atoms with E-state index in [0.29, 0.717) is 18.9 Å². The fourth-order valence-corrected chi connectivity index (χ4v) is 3.12. The van der Waals surface area contributed by atoms with Crippen LogP contribution in [0.3, 0.4) is 0 Å². The van der Waals surface area contributed by atoms with E-state index in [1.165, 1.54) is 43.0 Å². The Morgan fingerprint density at radius 3 is 2.39 bits per heavy atom. The average Bonchev–Trinajstić information content (AvgIpc) is 3.15. The Morgan fingerprint density at radius 2 is 1.88 bits per heavy atom. The van der Waals surface area contributed by atoms with Gasteiger partial charge >= 0.3 is 0 Å². The van der Waals surface area contributed by atoms with E-state index >= 15 is 0 Å². The standard InChI is InChI=1S/C11H12FNO2.C9H10N2.C6H15N/c1-8(15)11(13-7-14)6-9-2-4-10(12)5-3-9;1-6-3-8-4-7(2)11-9(8)5-10-6;1-3-5-6(7)4-2/h2-5,7,11H,6H2,1H3,(H,13,14);3-5,11H,1-2H3;6H,3-5,7H2,1-2H3/t11-;;/m0../s1. The van der Waals surface area contributed by atoms with E-state index in [4.69, 9.17) is 5.73 Å². The van der Waals surface area contributed by atoms with Gasteiger partial charge in [-0.15, -0.1) is 0 Å². The van der Waals surface area contributed by atoms with Gasteiger partial charge in [-0.1, -0.05) is 32.4 Å². The van der Waals surface area contributed by atoms with Crippen molar-refractivity contribution < 1.29 is 14.0 Å². The number of ketones is 1. The molecule has 0 bridgehead atoms. The topological polar surface area (TPSA) is 101 Å². The summed E-state index contributed by atoms with van der Waals surface area (Å²) in [4.78, 5) is 28.8. The third kappa shape index (κ3) is 10.9. The smallest absolute Gasteiger partial charge is 0.207 e. The number of fused-ring (bicyclic) bond motifs is 1. The molecule has 1 amide bonds. The van der Waals surface area contributed by atoms with Gasteiger partial charge in [0.1, 0.15) is 5.82 Å².